The second-order valence-electron chi connectivity index (χ2n) is 8.18. The van der Waals surface area contributed by atoms with E-state index in [0.29, 0.717) is 25.6 Å². The molecule has 0 unspecified atom stereocenters. The van der Waals surface area contributed by atoms with Crippen molar-refractivity contribution in [1.82, 2.24) is 16.0 Å². The topological polar surface area (TPSA) is 74.8 Å². The van der Waals surface area contributed by atoms with Crippen LogP contribution in [-0.2, 0) is 11.3 Å². The van der Waals surface area contributed by atoms with Gasteiger partial charge in [-0.3, -0.25) is 9.79 Å². The third-order valence-electron chi connectivity index (χ3n) is 3.44. The lowest BCUT2D eigenvalue weighted by molar-refractivity contribution is -0.128. The van der Waals surface area contributed by atoms with Crippen LogP contribution < -0.4 is 20.7 Å². The van der Waals surface area contributed by atoms with Gasteiger partial charge < -0.3 is 20.7 Å². The number of hydrogen-bond acceptors (Lipinski definition) is 3. The van der Waals surface area contributed by atoms with Crippen LogP contribution in [0.25, 0.3) is 0 Å². The Morgan fingerprint density at radius 3 is 2.19 bits per heavy atom. The summed E-state index contributed by atoms with van der Waals surface area (Å²) in [6.07, 6.45) is 0. The van der Waals surface area contributed by atoms with Crippen molar-refractivity contribution in [2.24, 2.45) is 10.4 Å². The minimum atomic E-state index is -0.378. The smallest absolute Gasteiger partial charge is 0.225 e. The molecule has 6 nitrogen and oxygen atoms in total. The van der Waals surface area contributed by atoms with E-state index in [9.17, 15) is 4.79 Å². The number of amides is 1. The van der Waals surface area contributed by atoms with Gasteiger partial charge in [-0.05, 0) is 26.8 Å². The standard InChI is InChI=1S/C20H34N4O2/c1-19(2,3)17(25)22-12-13-23-18(21-7)24-14-15-10-8-9-11-16(15)26-20(4,5)6/h8-11H,12-14H2,1-7H3,(H,22,25)(H2,21,23,24). The quantitative estimate of drug-likeness (QED) is 0.413. The molecule has 0 aliphatic heterocycles. The van der Waals surface area contributed by atoms with E-state index in [0.717, 1.165) is 11.3 Å². The van der Waals surface area contributed by atoms with Crippen molar-refractivity contribution in [3.63, 3.8) is 0 Å². The summed E-state index contributed by atoms with van der Waals surface area (Å²) in [7, 11) is 1.72. The molecular formula is C20H34N4O2. The summed E-state index contributed by atoms with van der Waals surface area (Å²) < 4.78 is 6.01. The van der Waals surface area contributed by atoms with Crippen molar-refractivity contribution in [1.29, 1.82) is 0 Å². The van der Waals surface area contributed by atoms with E-state index in [1.165, 1.54) is 0 Å². The van der Waals surface area contributed by atoms with E-state index >= 15 is 0 Å². The fourth-order valence-electron chi connectivity index (χ4n) is 2.10. The van der Waals surface area contributed by atoms with Gasteiger partial charge in [0.2, 0.25) is 5.91 Å². The zero-order chi connectivity index (χ0) is 19.8. The molecule has 0 aliphatic rings. The van der Waals surface area contributed by atoms with E-state index in [-0.39, 0.29) is 16.9 Å². The molecule has 3 N–H and O–H groups in total. The van der Waals surface area contributed by atoms with Gasteiger partial charge in [-0.15, -0.1) is 0 Å². The highest BCUT2D eigenvalue weighted by atomic mass is 16.5. The number of nitrogens with one attached hydrogen (secondary N) is 3. The van der Waals surface area contributed by atoms with Gasteiger partial charge in [0.05, 0.1) is 0 Å². The number of hydrogen-bond donors (Lipinski definition) is 3. The van der Waals surface area contributed by atoms with Crippen LogP contribution in [0.4, 0.5) is 0 Å². The first-order valence-electron chi connectivity index (χ1n) is 9.02. The van der Waals surface area contributed by atoms with E-state index in [4.69, 9.17) is 4.74 Å². The molecule has 1 aromatic rings. The molecule has 0 radical (unpaired) electrons. The monoisotopic (exact) mass is 362 g/mol. The number of para-hydroxylation sites is 1. The summed E-state index contributed by atoms with van der Waals surface area (Å²) in [5.41, 5.74) is 0.434. The normalized spacial score (nSPS) is 12.5. The zero-order valence-corrected chi connectivity index (χ0v) is 17.2. The van der Waals surface area contributed by atoms with Gasteiger partial charge in [-0.2, -0.15) is 0 Å². The van der Waals surface area contributed by atoms with E-state index in [1.54, 1.807) is 7.05 Å². The minimum Gasteiger partial charge on any atom is -0.488 e. The number of rotatable bonds is 6. The highest BCUT2D eigenvalue weighted by molar-refractivity contribution is 5.81. The molecular weight excluding hydrogens is 328 g/mol. The zero-order valence-electron chi connectivity index (χ0n) is 17.2. The maximum Gasteiger partial charge on any atom is 0.225 e. The molecule has 0 saturated heterocycles. The Morgan fingerprint density at radius 1 is 1.00 bits per heavy atom. The van der Waals surface area contributed by atoms with Gasteiger partial charge >= 0.3 is 0 Å². The summed E-state index contributed by atoms with van der Waals surface area (Å²) in [6, 6.07) is 7.96. The fraction of sp³-hybridized carbons (Fsp3) is 0.600. The predicted molar refractivity (Wildman–Crippen MR) is 107 cm³/mol. The molecule has 0 heterocycles. The Kier molecular flexibility index (Phi) is 7.93. The maximum absolute atomic E-state index is 11.8. The van der Waals surface area contributed by atoms with E-state index in [2.05, 4.69) is 20.9 Å². The van der Waals surface area contributed by atoms with Crippen LogP contribution in [0.5, 0.6) is 5.75 Å². The van der Waals surface area contributed by atoms with Gasteiger partial charge in [-0.25, -0.2) is 0 Å². The first-order valence-corrected chi connectivity index (χ1v) is 9.02. The number of carbonyl (C=O) groups is 1. The first-order chi connectivity index (χ1) is 12.0. The molecule has 1 rings (SSSR count). The van der Waals surface area contributed by atoms with Crippen LogP contribution in [0.2, 0.25) is 0 Å². The number of guanidine groups is 1. The molecule has 26 heavy (non-hydrogen) atoms. The maximum atomic E-state index is 11.8. The van der Waals surface area contributed by atoms with Crippen molar-refractivity contribution < 1.29 is 9.53 Å². The summed E-state index contributed by atoms with van der Waals surface area (Å²) in [6.45, 7) is 13.5. The molecule has 0 aliphatic carbocycles. The highest BCUT2D eigenvalue weighted by Gasteiger charge is 2.20. The fourth-order valence-corrected chi connectivity index (χ4v) is 2.10. The third-order valence-corrected chi connectivity index (χ3v) is 3.44. The largest absolute Gasteiger partial charge is 0.488 e. The SMILES string of the molecule is CN=C(NCCNC(=O)C(C)(C)C)NCc1ccccc1OC(C)(C)C. The van der Waals surface area contributed by atoms with Gasteiger partial charge in [0, 0.05) is 37.7 Å². The van der Waals surface area contributed by atoms with Gasteiger partial charge in [0.15, 0.2) is 5.96 Å². The lowest BCUT2D eigenvalue weighted by atomic mass is 9.96. The van der Waals surface area contributed by atoms with Crippen LogP contribution in [0.3, 0.4) is 0 Å². The Labute approximate surface area is 157 Å². The number of nitrogens with zero attached hydrogens (tertiary/aromatic N) is 1. The molecule has 1 amide bonds. The summed E-state index contributed by atoms with van der Waals surface area (Å²) in [5, 5.41) is 9.38. The molecule has 146 valence electrons. The average Bonchev–Trinajstić information content (AvgIpc) is 2.53. The molecule has 0 bridgehead atoms. The van der Waals surface area contributed by atoms with Crippen LogP contribution in [-0.4, -0.2) is 37.6 Å². The Hall–Kier alpha value is -2.24. The number of aliphatic imine (C=N–C) groups is 1. The molecule has 6 heteroatoms. The predicted octanol–water partition coefficient (Wildman–Crippen LogP) is 2.69. The first kappa shape index (κ1) is 21.8. The van der Waals surface area contributed by atoms with Crippen molar-refractivity contribution in [3.8, 4) is 5.75 Å². The molecule has 0 atom stereocenters. The lowest BCUT2D eigenvalue weighted by Crippen LogP contribution is -2.43. The molecule has 0 saturated carbocycles. The number of carbonyl (C=O) groups excluding carboxylic acids is 1. The molecule has 0 fully saturated rings. The van der Waals surface area contributed by atoms with E-state index < -0.39 is 0 Å². The average molecular weight is 363 g/mol. The van der Waals surface area contributed by atoms with Crippen molar-refractivity contribution in [2.45, 2.75) is 53.7 Å². The van der Waals surface area contributed by atoms with Crippen molar-refractivity contribution in [3.05, 3.63) is 29.8 Å². The molecule has 0 aromatic heterocycles. The minimum absolute atomic E-state index is 0.0375. The summed E-state index contributed by atoms with van der Waals surface area (Å²) in [4.78, 5) is 16.1. The van der Waals surface area contributed by atoms with Crippen molar-refractivity contribution >= 4 is 11.9 Å². The molecule has 1 aromatic carbocycles. The van der Waals surface area contributed by atoms with Gasteiger partial charge in [0.1, 0.15) is 11.4 Å². The summed E-state index contributed by atoms with van der Waals surface area (Å²) >= 11 is 0. The highest BCUT2D eigenvalue weighted by Crippen LogP contribution is 2.22. The van der Waals surface area contributed by atoms with Crippen LogP contribution in [0, 0.1) is 5.41 Å². The Balaban J connectivity index is 2.49. The number of ether oxygens (including phenoxy) is 1. The molecule has 0 spiro atoms. The Morgan fingerprint density at radius 2 is 1.62 bits per heavy atom. The van der Waals surface area contributed by atoms with Crippen LogP contribution in [0.15, 0.2) is 29.3 Å². The number of benzene rings is 1. The second-order valence-corrected chi connectivity index (χ2v) is 8.18. The van der Waals surface area contributed by atoms with E-state index in [1.807, 2.05) is 65.8 Å². The van der Waals surface area contributed by atoms with Gasteiger partial charge in [0.25, 0.3) is 0 Å². The third kappa shape index (κ3) is 8.23. The van der Waals surface area contributed by atoms with Crippen LogP contribution >= 0.6 is 0 Å². The Bertz CT molecular complexity index is 613. The van der Waals surface area contributed by atoms with Gasteiger partial charge in [-0.1, -0.05) is 39.0 Å². The summed E-state index contributed by atoms with van der Waals surface area (Å²) in [5.74, 6) is 1.58. The van der Waals surface area contributed by atoms with Crippen molar-refractivity contribution in [2.75, 3.05) is 20.1 Å². The van der Waals surface area contributed by atoms with Crippen LogP contribution in [0.1, 0.15) is 47.1 Å². The second kappa shape index (κ2) is 9.46. The lowest BCUT2D eigenvalue weighted by Gasteiger charge is -2.23.